The van der Waals surface area contributed by atoms with E-state index >= 15 is 0 Å². The molecule has 1 amide bonds. The van der Waals surface area contributed by atoms with Gasteiger partial charge in [0.25, 0.3) is 5.91 Å². The second-order valence-electron chi connectivity index (χ2n) is 7.65. The Balaban J connectivity index is 1.37. The lowest BCUT2D eigenvalue weighted by atomic mass is 9.99. The number of esters is 1. The first-order chi connectivity index (χ1) is 14.0. The summed E-state index contributed by atoms with van der Waals surface area (Å²) in [7, 11) is 0. The van der Waals surface area contributed by atoms with Gasteiger partial charge in [0.15, 0.2) is 6.61 Å². The first-order valence-corrected chi connectivity index (χ1v) is 10.7. The van der Waals surface area contributed by atoms with Crippen LogP contribution in [0.5, 0.6) is 0 Å². The van der Waals surface area contributed by atoms with Gasteiger partial charge >= 0.3 is 5.97 Å². The quantitative estimate of drug-likeness (QED) is 0.598. The number of nitrogens with zero attached hydrogens (tertiary/aromatic N) is 2. The van der Waals surface area contributed by atoms with Crippen LogP contribution in [0.15, 0.2) is 42.5 Å². The molecule has 0 spiro atoms. The minimum absolute atomic E-state index is 0.145. The van der Waals surface area contributed by atoms with Crippen molar-refractivity contribution in [1.29, 1.82) is 0 Å². The molecule has 0 aliphatic carbocycles. The van der Waals surface area contributed by atoms with Gasteiger partial charge in [-0.1, -0.05) is 29.3 Å². The molecule has 4 rings (SSSR count). The third-order valence-electron chi connectivity index (χ3n) is 5.22. The Bertz CT molecular complexity index is 1010. The minimum Gasteiger partial charge on any atom is -0.452 e. The molecule has 2 heterocycles. The Hall–Kier alpha value is -2.73. The van der Waals surface area contributed by atoms with Crippen LogP contribution < -0.4 is 0 Å². The van der Waals surface area contributed by atoms with Gasteiger partial charge in [-0.05, 0) is 51.0 Å². The summed E-state index contributed by atoms with van der Waals surface area (Å²) in [4.78, 5) is 31.5. The molecule has 1 aliphatic heterocycles. The molecule has 5 nitrogen and oxygen atoms in total. The third kappa shape index (κ3) is 4.48. The topological polar surface area (TPSA) is 59.5 Å². The lowest BCUT2D eigenvalue weighted by Gasteiger charge is -2.31. The van der Waals surface area contributed by atoms with E-state index in [0.717, 1.165) is 34.5 Å². The van der Waals surface area contributed by atoms with E-state index in [4.69, 9.17) is 9.72 Å². The maximum atomic E-state index is 12.6. The summed E-state index contributed by atoms with van der Waals surface area (Å²) in [5.74, 6) is -0.362. The number of aryl methyl sites for hydroxylation is 2. The van der Waals surface area contributed by atoms with E-state index in [9.17, 15) is 9.59 Å². The molecular weight excluding hydrogens is 384 g/mol. The van der Waals surface area contributed by atoms with Crippen molar-refractivity contribution in [3.8, 4) is 0 Å². The Kier molecular flexibility index (Phi) is 5.62. The highest BCUT2D eigenvalue weighted by Gasteiger charge is 2.27. The van der Waals surface area contributed by atoms with Crippen LogP contribution in [0.25, 0.3) is 10.2 Å². The normalized spacial score (nSPS) is 16.8. The van der Waals surface area contributed by atoms with Crippen molar-refractivity contribution in [3.63, 3.8) is 0 Å². The average molecular weight is 409 g/mol. The fraction of sp³-hybridized carbons (Fsp3) is 0.348. The molecule has 150 valence electrons. The molecule has 1 saturated heterocycles. The number of hydrogen-bond acceptors (Lipinski definition) is 5. The van der Waals surface area contributed by atoms with Crippen molar-refractivity contribution in [1.82, 2.24) is 9.88 Å². The molecule has 1 atom stereocenters. The molecule has 0 N–H and O–H groups in total. The maximum Gasteiger partial charge on any atom is 0.338 e. The van der Waals surface area contributed by atoms with Gasteiger partial charge in [-0.15, -0.1) is 11.3 Å². The number of piperidine rings is 1. The SMILES string of the molecule is Cc1cc(C)cc(C(=O)OCC(=O)N2CCC[C@@H](c3nc4ccccc4s3)C2)c1. The molecule has 1 aromatic heterocycles. The number of hydrogen-bond donors (Lipinski definition) is 0. The third-order valence-corrected chi connectivity index (χ3v) is 6.42. The maximum absolute atomic E-state index is 12.6. The summed E-state index contributed by atoms with van der Waals surface area (Å²) in [6.45, 7) is 4.97. The molecule has 1 fully saturated rings. The Morgan fingerprint density at radius 2 is 1.93 bits per heavy atom. The second-order valence-corrected chi connectivity index (χ2v) is 8.71. The molecule has 0 bridgehead atoms. The molecule has 2 aromatic carbocycles. The van der Waals surface area contributed by atoms with Crippen molar-refractivity contribution in [3.05, 3.63) is 64.2 Å². The number of likely N-dealkylation sites (tertiary alicyclic amines) is 1. The predicted octanol–water partition coefficient (Wildman–Crippen LogP) is 4.48. The molecule has 1 aliphatic rings. The van der Waals surface area contributed by atoms with Crippen LogP contribution in [0.4, 0.5) is 0 Å². The number of ether oxygens (including phenoxy) is 1. The van der Waals surface area contributed by atoms with Gasteiger partial charge in [-0.3, -0.25) is 4.79 Å². The van der Waals surface area contributed by atoms with Gasteiger partial charge in [-0.2, -0.15) is 0 Å². The van der Waals surface area contributed by atoms with Gasteiger partial charge in [0.05, 0.1) is 20.8 Å². The molecular formula is C23H24N2O3S. The number of fused-ring (bicyclic) bond motifs is 1. The Morgan fingerprint density at radius 1 is 1.17 bits per heavy atom. The van der Waals surface area contributed by atoms with Crippen LogP contribution in [-0.2, 0) is 9.53 Å². The lowest BCUT2D eigenvalue weighted by molar-refractivity contribution is -0.135. The van der Waals surface area contributed by atoms with E-state index in [0.29, 0.717) is 18.7 Å². The number of thiazole rings is 1. The number of amides is 1. The van der Waals surface area contributed by atoms with Crippen molar-refractivity contribution >= 4 is 33.4 Å². The molecule has 0 unspecified atom stereocenters. The van der Waals surface area contributed by atoms with Gasteiger partial charge < -0.3 is 9.64 Å². The van der Waals surface area contributed by atoms with Crippen LogP contribution in [0, 0.1) is 13.8 Å². The highest BCUT2D eigenvalue weighted by atomic mass is 32.1. The van der Waals surface area contributed by atoms with Crippen LogP contribution in [0.2, 0.25) is 0 Å². The van der Waals surface area contributed by atoms with Gasteiger partial charge in [-0.25, -0.2) is 9.78 Å². The largest absolute Gasteiger partial charge is 0.452 e. The molecule has 0 radical (unpaired) electrons. The second kappa shape index (κ2) is 8.33. The Morgan fingerprint density at radius 3 is 2.69 bits per heavy atom. The smallest absolute Gasteiger partial charge is 0.338 e. The van der Waals surface area contributed by atoms with Crippen LogP contribution in [0.1, 0.15) is 45.3 Å². The summed E-state index contributed by atoms with van der Waals surface area (Å²) >= 11 is 1.70. The molecule has 0 saturated carbocycles. The number of benzene rings is 2. The zero-order chi connectivity index (χ0) is 20.4. The van der Waals surface area contributed by atoms with E-state index in [2.05, 4.69) is 6.07 Å². The average Bonchev–Trinajstić information content (AvgIpc) is 3.15. The first-order valence-electron chi connectivity index (χ1n) is 9.88. The predicted molar refractivity (Wildman–Crippen MR) is 114 cm³/mol. The van der Waals surface area contributed by atoms with Crippen molar-refractivity contribution < 1.29 is 14.3 Å². The highest BCUT2D eigenvalue weighted by molar-refractivity contribution is 7.18. The van der Waals surface area contributed by atoms with E-state index < -0.39 is 5.97 Å². The lowest BCUT2D eigenvalue weighted by Crippen LogP contribution is -2.41. The van der Waals surface area contributed by atoms with Crippen molar-refractivity contribution in [2.45, 2.75) is 32.6 Å². The number of aromatic nitrogens is 1. The van der Waals surface area contributed by atoms with E-state index in [1.807, 2.05) is 38.1 Å². The highest BCUT2D eigenvalue weighted by Crippen LogP contribution is 2.33. The molecule has 3 aromatic rings. The number of rotatable bonds is 4. The number of carbonyl (C=O) groups excluding carboxylic acids is 2. The summed E-state index contributed by atoms with van der Waals surface area (Å²) < 4.78 is 6.47. The van der Waals surface area contributed by atoms with Gasteiger partial charge in [0.2, 0.25) is 0 Å². The number of carbonyl (C=O) groups is 2. The van der Waals surface area contributed by atoms with Gasteiger partial charge in [0, 0.05) is 19.0 Å². The van der Waals surface area contributed by atoms with Crippen LogP contribution in [0.3, 0.4) is 0 Å². The number of para-hydroxylation sites is 1. The standard InChI is InChI=1S/C23H24N2O3S/c1-15-10-16(2)12-18(11-15)23(27)28-14-21(26)25-9-5-6-17(13-25)22-24-19-7-3-4-8-20(19)29-22/h3-4,7-8,10-12,17H,5-6,9,13-14H2,1-2H3/t17-/m1/s1. The van der Waals surface area contributed by atoms with E-state index in [1.165, 1.54) is 4.70 Å². The summed E-state index contributed by atoms with van der Waals surface area (Å²) in [5, 5.41) is 1.08. The first kappa shape index (κ1) is 19.6. The zero-order valence-corrected chi connectivity index (χ0v) is 17.5. The fourth-order valence-corrected chi connectivity index (χ4v) is 4.96. The van der Waals surface area contributed by atoms with Crippen LogP contribution in [-0.4, -0.2) is 41.5 Å². The summed E-state index contributed by atoms with van der Waals surface area (Å²) in [5.41, 5.74) is 3.50. The Labute approximate surface area is 174 Å². The fourth-order valence-electron chi connectivity index (χ4n) is 3.86. The monoisotopic (exact) mass is 408 g/mol. The summed E-state index contributed by atoms with van der Waals surface area (Å²) in [6.07, 6.45) is 1.95. The van der Waals surface area contributed by atoms with Crippen molar-refractivity contribution in [2.75, 3.05) is 19.7 Å². The van der Waals surface area contributed by atoms with Crippen LogP contribution >= 0.6 is 11.3 Å². The van der Waals surface area contributed by atoms with Gasteiger partial charge in [0.1, 0.15) is 0 Å². The minimum atomic E-state index is -0.454. The zero-order valence-electron chi connectivity index (χ0n) is 16.7. The molecule has 29 heavy (non-hydrogen) atoms. The van der Waals surface area contributed by atoms with Crippen molar-refractivity contribution in [2.24, 2.45) is 0 Å². The van der Waals surface area contributed by atoms with E-state index in [1.54, 1.807) is 28.4 Å². The summed E-state index contributed by atoms with van der Waals surface area (Å²) in [6, 6.07) is 13.7. The molecule has 6 heteroatoms. The van der Waals surface area contributed by atoms with E-state index in [-0.39, 0.29) is 18.4 Å².